The Labute approximate surface area is 153 Å². The van der Waals surface area contributed by atoms with E-state index in [4.69, 9.17) is 4.74 Å². The number of pyridine rings is 1. The van der Waals surface area contributed by atoms with Gasteiger partial charge in [-0.3, -0.25) is 4.98 Å². The van der Waals surface area contributed by atoms with Crippen molar-refractivity contribution in [1.29, 1.82) is 0 Å². The lowest BCUT2D eigenvalue weighted by molar-refractivity contribution is -0.137. The number of aromatic nitrogens is 1. The van der Waals surface area contributed by atoms with Crippen molar-refractivity contribution >= 4 is 11.0 Å². The maximum atomic E-state index is 12.8. The minimum absolute atomic E-state index is 0.451. The van der Waals surface area contributed by atoms with Crippen molar-refractivity contribution in [2.24, 2.45) is 0 Å². The topological polar surface area (TPSA) is 51.2 Å². The maximum Gasteiger partial charge on any atom is 0.416 e. The molecule has 0 aliphatic carbocycles. The quantitative estimate of drug-likeness (QED) is 0.836. The molecular formula is C18H21F3N2O2S. The molecule has 0 aliphatic rings. The van der Waals surface area contributed by atoms with E-state index in [9.17, 15) is 17.4 Å². The fraction of sp³-hybridized carbons (Fsp3) is 0.389. The summed E-state index contributed by atoms with van der Waals surface area (Å²) in [5.74, 6) is 0.454. The standard InChI is InChI=1S/C18H21F3N2O2S/c1-17(2,3)26(24)23-15(16-14(25-4)6-5-11-22-16)12-7-9-13(10-8-12)18(19,20)21/h5-11,15,23H,1-4H3. The van der Waals surface area contributed by atoms with Crippen LogP contribution >= 0.6 is 0 Å². The summed E-state index contributed by atoms with van der Waals surface area (Å²) in [6.45, 7) is 5.40. The summed E-state index contributed by atoms with van der Waals surface area (Å²) in [7, 11) is 0.00838. The second-order valence-electron chi connectivity index (χ2n) is 6.64. The van der Waals surface area contributed by atoms with Crippen LogP contribution in [-0.4, -0.2) is 21.0 Å². The van der Waals surface area contributed by atoms with Crippen molar-refractivity contribution in [2.45, 2.75) is 37.7 Å². The van der Waals surface area contributed by atoms with E-state index in [1.807, 2.05) is 0 Å². The van der Waals surface area contributed by atoms with Gasteiger partial charge in [-0.2, -0.15) is 13.2 Å². The van der Waals surface area contributed by atoms with E-state index in [1.54, 1.807) is 39.1 Å². The smallest absolute Gasteiger partial charge is 0.416 e. The summed E-state index contributed by atoms with van der Waals surface area (Å²) in [5, 5.41) is 0. The minimum Gasteiger partial charge on any atom is -0.495 e. The van der Waals surface area contributed by atoms with Gasteiger partial charge in [0.25, 0.3) is 0 Å². The minimum atomic E-state index is -4.42. The van der Waals surface area contributed by atoms with Gasteiger partial charge in [-0.15, -0.1) is 0 Å². The Morgan fingerprint density at radius 2 is 1.73 bits per heavy atom. The molecule has 0 radical (unpaired) electrons. The molecule has 2 atom stereocenters. The van der Waals surface area contributed by atoms with Crippen molar-refractivity contribution in [3.63, 3.8) is 0 Å². The molecule has 0 amide bonds. The second kappa shape index (κ2) is 7.75. The van der Waals surface area contributed by atoms with Crippen LogP contribution in [0.4, 0.5) is 13.2 Å². The fourth-order valence-corrected chi connectivity index (χ4v) is 3.04. The molecule has 0 fully saturated rings. The third-order valence-electron chi connectivity index (χ3n) is 3.65. The Bertz CT molecular complexity index is 771. The van der Waals surface area contributed by atoms with E-state index >= 15 is 0 Å². The number of rotatable bonds is 5. The van der Waals surface area contributed by atoms with E-state index in [-0.39, 0.29) is 0 Å². The van der Waals surface area contributed by atoms with E-state index in [0.717, 1.165) is 12.1 Å². The van der Waals surface area contributed by atoms with Crippen LogP contribution in [0, 0.1) is 0 Å². The van der Waals surface area contributed by atoms with Crippen molar-refractivity contribution in [1.82, 2.24) is 9.71 Å². The first kappa shape index (κ1) is 20.4. The predicted octanol–water partition coefficient (Wildman–Crippen LogP) is 4.25. The number of benzene rings is 1. The number of nitrogens with one attached hydrogen (secondary N) is 1. The first-order valence-corrected chi connectivity index (χ1v) is 9.03. The van der Waals surface area contributed by atoms with Gasteiger partial charge in [0.1, 0.15) is 11.4 Å². The molecule has 1 aromatic carbocycles. The van der Waals surface area contributed by atoms with Gasteiger partial charge in [-0.05, 0) is 50.6 Å². The van der Waals surface area contributed by atoms with Crippen molar-refractivity contribution in [2.75, 3.05) is 7.11 Å². The average molecular weight is 386 g/mol. The normalized spacial score (nSPS) is 14.7. The third kappa shape index (κ3) is 4.82. The summed E-state index contributed by atoms with van der Waals surface area (Å²) in [6, 6.07) is 7.41. The molecule has 2 aromatic rings. The van der Waals surface area contributed by atoms with Gasteiger partial charge in [-0.25, -0.2) is 8.93 Å². The zero-order valence-corrected chi connectivity index (χ0v) is 15.7. The molecule has 142 valence electrons. The Kier molecular flexibility index (Phi) is 6.08. The third-order valence-corrected chi connectivity index (χ3v) is 5.21. The number of hydrogen-bond donors (Lipinski definition) is 1. The van der Waals surface area contributed by atoms with Crippen molar-refractivity contribution in [3.05, 3.63) is 59.4 Å². The number of hydrogen-bond acceptors (Lipinski definition) is 3. The van der Waals surface area contributed by atoms with Gasteiger partial charge < -0.3 is 4.74 Å². The van der Waals surface area contributed by atoms with Gasteiger partial charge in [-0.1, -0.05) is 12.1 Å². The monoisotopic (exact) mass is 386 g/mol. The van der Waals surface area contributed by atoms with E-state index in [0.29, 0.717) is 17.0 Å². The van der Waals surface area contributed by atoms with Crippen LogP contribution < -0.4 is 9.46 Å². The lowest BCUT2D eigenvalue weighted by Crippen LogP contribution is -2.36. The molecule has 0 aliphatic heterocycles. The molecule has 0 spiro atoms. The number of ether oxygens (including phenoxy) is 1. The zero-order chi connectivity index (χ0) is 19.5. The van der Waals surface area contributed by atoms with Gasteiger partial charge in [0.05, 0.1) is 34.4 Å². The molecule has 0 saturated heterocycles. The maximum absolute atomic E-state index is 12.8. The Balaban J connectivity index is 2.48. The first-order valence-electron chi connectivity index (χ1n) is 7.88. The largest absolute Gasteiger partial charge is 0.495 e. The summed E-state index contributed by atoms with van der Waals surface area (Å²) in [6.07, 6.45) is -2.87. The van der Waals surface area contributed by atoms with Crippen LogP contribution in [0.3, 0.4) is 0 Å². The van der Waals surface area contributed by atoms with Gasteiger partial charge in [0, 0.05) is 6.20 Å². The van der Waals surface area contributed by atoms with Gasteiger partial charge >= 0.3 is 6.18 Å². The molecule has 4 nitrogen and oxygen atoms in total. The molecule has 26 heavy (non-hydrogen) atoms. The highest BCUT2D eigenvalue weighted by Crippen LogP contribution is 2.33. The summed E-state index contributed by atoms with van der Waals surface area (Å²) in [5.41, 5.74) is 0.213. The SMILES string of the molecule is COc1cccnc1C(NS(=O)C(C)(C)C)c1ccc(C(F)(F)F)cc1. The highest BCUT2D eigenvalue weighted by atomic mass is 32.2. The van der Waals surface area contributed by atoms with Crippen LogP contribution in [0.25, 0.3) is 0 Å². The van der Waals surface area contributed by atoms with Crippen molar-refractivity contribution < 1.29 is 22.1 Å². The second-order valence-corrected chi connectivity index (χ2v) is 8.64. The number of nitrogens with zero attached hydrogens (tertiary/aromatic N) is 1. The Morgan fingerprint density at radius 3 is 2.23 bits per heavy atom. The summed E-state index contributed by atoms with van der Waals surface area (Å²) >= 11 is 0. The lowest BCUT2D eigenvalue weighted by atomic mass is 10.0. The Morgan fingerprint density at radius 1 is 1.12 bits per heavy atom. The number of alkyl halides is 3. The Hall–Kier alpha value is -1.93. The molecule has 2 unspecified atom stereocenters. The highest BCUT2D eigenvalue weighted by molar-refractivity contribution is 7.84. The van der Waals surface area contributed by atoms with Gasteiger partial charge in [0.15, 0.2) is 0 Å². The fourth-order valence-electron chi connectivity index (χ4n) is 2.22. The highest BCUT2D eigenvalue weighted by Gasteiger charge is 2.31. The molecule has 1 heterocycles. The first-order chi connectivity index (χ1) is 12.0. The van der Waals surface area contributed by atoms with Crippen LogP contribution in [0.1, 0.15) is 43.6 Å². The van der Waals surface area contributed by atoms with Crippen LogP contribution in [0.15, 0.2) is 42.6 Å². The van der Waals surface area contributed by atoms with Crippen LogP contribution in [0.5, 0.6) is 5.75 Å². The van der Waals surface area contributed by atoms with Crippen molar-refractivity contribution in [3.8, 4) is 5.75 Å². The molecular weight excluding hydrogens is 365 g/mol. The predicted molar refractivity (Wildman–Crippen MR) is 95.1 cm³/mol. The lowest BCUT2D eigenvalue weighted by Gasteiger charge is -2.25. The average Bonchev–Trinajstić information content (AvgIpc) is 2.58. The molecule has 2 rings (SSSR count). The molecule has 8 heteroatoms. The number of halogens is 3. The molecule has 1 aromatic heterocycles. The van der Waals surface area contributed by atoms with Gasteiger partial charge in [0.2, 0.25) is 0 Å². The van der Waals surface area contributed by atoms with Crippen LogP contribution in [-0.2, 0) is 17.2 Å². The molecule has 0 bridgehead atoms. The molecule has 1 N–H and O–H groups in total. The zero-order valence-electron chi connectivity index (χ0n) is 14.9. The van der Waals surface area contributed by atoms with Crippen LogP contribution in [0.2, 0.25) is 0 Å². The van der Waals surface area contributed by atoms with E-state index < -0.39 is 33.5 Å². The van der Waals surface area contributed by atoms with E-state index in [2.05, 4.69) is 9.71 Å². The van der Waals surface area contributed by atoms with E-state index in [1.165, 1.54) is 19.2 Å². The summed E-state index contributed by atoms with van der Waals surface area (Å²) < 4.78 is 58.8. The number of methoxy groups -OCH3 is 1. The summed E-state index contributed by atoms with van der Waals surface area (Å²) in [4.78, 5) is 4.29. The molecule has 0 saturated carbocycles.